The van der Waals surface area contributed by atoms with Gasteiger partial charge in [0.05, 0.1) is 5.92 Å². The predicted molar refractivity (Wildman–Crippen MR) is 82.2 cm³/mol. The van der Waals surface area contributed by atoms with Gasteiger partial charge in [-0.1, -0.05) is 31.3 Å². The van der Waals surface area contributed by atoms with E-state index in [1.807, 2.05) is 14.0 Å². The van der Waals surface area contributed by atoms with Crippen LogP contribution < -0.4 is 5.32 Å². The molecule has 5 heteroatoms. The monoisotopic (exact) mass is 295 g/mol. The highest BCUT2D eigenvalue weighted by Gasteiger charge is 2.40. The summed E-state index contributed by atoms with van der Waals surface area (Å²) in [6, 6.07) is 0.317. The summed E-state index contributed by atoms with van der Waals surface area (Å²) >= 11 is 0. The Bertz CT molecular complexity index is 421. The number of hydrogen-bond acceptors (Lipinski definition) is 5. The number of hydrogen-bond donors (Lipinski definition) is 1. The fraction of sp³-hybridized carbons (Fsp3) is 0.875. The van der Waals surface area contributed by atoms with Crippen molar-refractivity contribution in [3.63, 3.8) is 0 Å². The van der Waals surface area contributed by atoms with E-state index in [0.717, 1.165) is 31.0 Å². The highest BCUT2D eigenvalue weighted by atomic mass is 16.5. The summed E-state index contributed by atoms with van der Waals surface area (Å²) in [6.45, 7) is 7.03. The maximum atomic E-state index is 6.07. The number of rotatable bonds is 7. The zero-order valence-corrected chi connectivity index (χ0v) is 13.8. The Hall–Kier alpha value is -0.940. The maximum Gasteiger partial charge on any atom is 0.231 e. The van der Waals surface area contributed by atoms with E-state index in [1.165, 1.54) is 19.3 Å². The number of ether oxygens (including phenoxy) is 1. The average Bonchev–Trinajstić information content (AvgIpc) is 2.99. The molecule has 1 aliphatic rings. The third-order valence-electron chi connectivity index (χ3n) is 4.75. The molecule has 2 rings (SSSR count). The third kappa shape index (κ3) is 3.46. The minimum atomic E-state index is -0.323. The number of nitrogens with one attached hydrogen (secondary N) is 1. The first-order chi connectivity index (χ1) is 10.2. The van der Waals surface area contributed by atoms with Crippen molar-refractivity contribution in [1.82, 2.24) is 15.5 Å². The molecule has 0 aromatic carbocycles. The van der Waals surface area contributed by atoms with Gasteiger partial charge in [-0.3, -0.25) is 0 Å². The van der Waals surface area contributed by atoms with Crippen LogP contribution in [-0.4, -0.2) is 29.8 Å². The molecule has 1 aromatic heterocycles. The summed E-state index contributed by atoms with van der Waals surface area (Å²) in [6.07, 6.45) is 6.59. The second-order valence-corrected chi connectivity index (χ2v) is 6.04. The Kier molecular flexibility index (Phi) is 5.76. The summed E-state index contributed by atoms with van der Waals surface area (Å²) in [4.78, 5) is 4.72. The Morgan fingerprint density at radius 2 is 2.00 bits per heavy atom. The van der Waals surface area contributed by atoms with Crippen LogP contribution in [0.2, 0.25) is 0 Å². The largest absolute Gasteiger partial charge is 0.367 e. The summed E-state index contributed by atoms with van der Waals surface area (Å²) in [5.41, 5.74) is -0.323. The molecular formula is C16H29N3O2. The van der Waals surface area contributed by atoms with Crippen molar-refractivity contribution in [3.05, 3.63) is 11.7 Å². The normalized spacial score (nSPS) is 21.1. The molecular weight excluding hydrogens is 266 g/mol. The molecule has 0 amide bonds. The summed E-state index contributed by atoms with van der Waals surface area (Å²) in [5, 5.41) is 7.56. The summed E-state index contributed by atoms with van der Waals surface area (Å²) in [5.74, 6) is 1.73. The van der Waals surface area contributed by atoms with E-state index >= 15 is 0 Å². The van der Waals surface area contributed by atoms with Gasteiger partial charge in [0.25, 0.3) is 0 Å². The Morgan fingerprint density at radius 3 is 2.57 bits per heavy atom. The van der Waals surface area contributed by atoms with Crippen LogP contribution in [0.5, 0.6) is 0 Å². The number of aromatic nitrogens is 2. The molecule has 2 atom stereocenters. The van der Waals surface area contributed by atoms with Crippen molar-refractivity contribution in [2.45, 2.75) is 76.9 Å². The molecule has 1 aromatic rings. The lowest BCUT2D eigenvalue weighted by atomic mass is 9.84. The van der Waals surface area contributed by atoms with Crippen molar-refractivity contribution >= 4 is 0 Å². The van der Waals surface area contributed by atoms with Crippen LogP contribution >= 0.6 is 0 Å². The number of likely N-dealkylation sites (N-methyl/N-ethyl adjacent to an activating group) is 1. The fourth-order valence-electron chi connectivity index (χ4n) is 3.35. The minimum Gasteiger partial charge on any atom is -0.367 e. The molecule has 1 fully saturated rings. The van der Waals surface area contributed by atoms with Crippen molar-refractivity contribution in [1.29, 1.82) is 0 Å². The van der Waals surface area contributed by atoms with Crippen LogP contribution in [0.25, 0.3) is 0 Å². The van der Waals surface area contributed by atoms with Crippen LogP contribution in [0.1, 0.15) is 76.9 Å². The van der Waals surface area contributed by atoms with E-state index in [9.17, 15) is 0 Å². The Morgan fingerprint density at radius 1 is 1.29 bits per heavy atom. The molecule has 21 heavy (non-hydrogen) atoms. The second kappa shape index (κ2) is 7.36. The topological polar surface area (TPSA) is 60.2 Å². The molecule has 0 spiro atoms. The molecule has 1 heterocycles. The van der Waals surface area contributed by atoms with E-state index in [0.29, 0.717) is 12.6 Å². The third-order valence-corrected chi connectivity index (χ3v) is 4.75. The van der Waals surface area contributed by atoms with Crippen LogP contribution in [-0.2, 0) is 10.3 Å². The van der Waals surface area contributed by atoms with Crippen LogP contribution in [0.4, 0.5) is 0 Å². The van der Waals surface area contributed by atoms with Gasteiger partial charge in [0.1, 0.15) is 5.60 Å². The van der Waals surface area contributed by atoms with Crippen LogP contribution in [0, 0.1) is 0 Å². The standard InChI is InChI=1S/C16H29N3O2/c1-5-13(12(3)17-4)14-18-15(19-21-14)16(20-6-2)10-8-7-9-11-16/h12-13,17H,5-11H2,1-4H3. The van der Waals surface area contributed by atoms with Gasteiger partial charge in [0.15, 0.2) is 0 Å². The highest BCUT2D eigenvalue weighted by molar-refractivity contribution is 5.06. The number of nitrogens with zero attached hydrogens (tertiary/aromatic N) is 2. The van der Waals surface area contributed by atoms with Gasteiger partial charge in [0, 0.05) is 12.6 Å². The van der Waals surface area contributed by atoms with Gasteiger partial charge in [-0.05, 0) is 40.2 Å². The van der Waals surface area contributed by atoms with Gasteiger partial charge in [0.2, 0.25) is 11.7 Å². The van der Waals surface area contributed by atoms with Crippen molar-refractivity contribution < 1.29 is 9.26 Å². The molecule has 120 valence electrons. The molecule has 1 N–H and O–H groups in total. The maximum absolute atomic E-state index is 6.07. The second-order valence-electron chi connectivity index (χ2n) is 6.04. The van der Waals surface area contributed by atoms with E-state index in [4.69, 9.17) is 14.2 Å². The molecule has 5 nitrogen and oxygen atoms in total. The van der Waals surface area contributed by atoms with Crippen LogP contribution in [0.15, 0.2) is 4.52 Å². The smallest absolute Gasteiger partial charge is 0.231 e. The van der Waals surface area contributed by atoms with E-state index in [1.54, 1.807) is 0 Å². The van der Waals surface area contributed by atoms with E-state index in [2.05, 4.69) is 24.3 Å². The Balaban J connectivity index is 2.23. The molecule has 1 saturated carbocycles. The van der Waals surface area contributed by atoms with Crippen LogP contribution in [0.3, 0.4) is 0 Å². The lowest BCUT2D eigenvalue weighted by Crippen LogP contribution is -2.34. The van der Waals surface area contributed by atoms with Crippen molar-refractivity contribution in [3.8, 4) is 0 Å². The van der Waals surface area contributed by atoms with Gasteiger partial charge in [-0.2, -0.15) is 4.98 Å². The molecule has 0 radical (unpaired) electrons. The first-order valence-electron chi connectivity index (χ1n) is 8.32. The Labute approximate surface area is 127 Å². The first kappa shape index (κ1) is 16.4. The predicted octanol–water partition coefficient (Wildman–Crippen LogP) is 3.37. The zero-order chi connectivity index (χ0) is 15.3. The molecule has 0 bridgehead atoms. The SMILES string of the molecule is CCOC1(c2noc(C(CC)C(C)NC)n2)CCCCC1. The average molecular weight is 295 g/mol. The van der Waals surface area contributed by atoms with Gasteiger partial charge in [-0.25, -0.2) is 0 Å². The fourth-order valence-corrected chi connectivity index (χ4v) is 3.35. The first-order valence-corrected chi connectivity index (χ1v) is 8.32. The molecule has 0 aliphatic heterocycles. The summed E-state index contributed by atoms with van der Waals surface area (Å²) < 4.78 is 11.7. The van der Waals surface area contributed by atoms with Gasteiger partial charge >= 0.3 is 0 Å². The lowest BCUT2D eigenvalue weighted by Gasteiger charge is -2.34. The quantitative estimate of drug-likeness (QED) is 0.835. The molecule has 0 saturated heterocycles. The van der Waals surface area contributed by atoms with Crippen molar-refractivity contribution in [2.75, 3.05) is 13.7 Å². The van der Waals surface area contributed by atoms with E-state index < -0.39 is 0 Å². The van der Waals surface area contributed by atoms with E-state index in [-0.39, 0.29) is 11.5 Å². The van der Waals surface area contributed by atoms with Crippen molar-refractivity contribution in [2.24, 2.45) is 0 Å². The summed E-state index contributed by atoms with van der Waals surface area (Å²) in [7, 11) is 1.97. The van der Waals surface area contributed by atoms with Gasteiger partial charge in [-0.15, -0.1) is 0 Å². The zero-order valence-electron chi connectivity index (χ0n) is 13.8. The molecule has 2 unspecified atom stereocenters. The highest BCUT2D eigenvalue weighted by Crippen LogP contribution is 2.39. The minimum absolute atomic E-state index is 0.249. The van der Waals surface area contributed by atoms with Gasteiger partial charge < -0.3 is 14.6 Å². The lowest BCUT2D eigenvalue weighted by molar-refractivity contribution is -0.0777. The molecule has 1 aliphatic carbocycles.